The number of hydrogen-bond donors (Lipinski definition) is 2. The number of carboxylic acids is 1. The van der Waals surface area contributed by atoms with Gasteiger partial charge in [-0.25, -0.2) is 9.18 Å². The van der Waals surface area contributed by atoms with Gasteiger partial charge in [-0.2, -0.15) is 0 Å². The molecule has 3 aromatic rings. The van der Waals surface area contributed by atoms with Gasteiger partial charge in [-0.15, -0.1) is 0 Å². The van der Waals surface area contributed by atoms with Crippen LogP contribution in [0.15, 0.2) is 79.1 Å². The Morgan fingerprint density at radius 1 is 1.00 bits per heavy atom. The van der Waals surface area contributed by atoms with Crippen LogP contribution < -0.4 is 5.32 Å². The first-order chi connectivity index (χ1) is 15.0. The van der Waals surface area contributed by atoms with E-state index in [-0.39, 0.29) is 16.8 Å². The van der Waals surface area contributed by atoms with Gasteiger partial charge in [0.15, 0.2) is 5.76 Å². The zero-order chi connectivity index (χ0) is 21.8. The van der Waals surface area contributed by atoms with Crippen LogP contribution in [0.2, 0.25) is 0 Å². The second kappa shape index (κ2) is 8.71. The Hall–Kier alpha value is -4.13. The van der Waals surface area contributed by atoms with Gasteiger partial charge in [-0.1, -0.05) is 36.4 Å². The lowest BCUT2D eigenvalue weighted by atomic mass is 10.1. The molecule has 2 N–H and O–H groups in total. The number of anilines is 1. The van der Waals surface area contributed by atoms with E-state index in [0.717, 1.165) is 17.7 Å². The lowest BCUT2D eigenvalue weighted by Crippen LogP contribution is -2.15. The number of hydrogen-bond acceptors (Lipinski definition) is 4. The van der Waals surface area contributed by atoms with Crippen molar-refractivity contribution < 1.29 is 28.6 Å². The highest BCUT2D eigenvalue weighted by molar-refractivity contribution is 6.08. The number of carbonyl (C=O) groups is 2. The van der Waals surface area contributed by atoms with Crippen molar-refractivity contribution in [3.63, 3.8) is 0 Å². The molecule has 0 aliphatic carbocycles. The summed E-state index contributed by atoms with van der Waals surface area (Å²) in [5.41, 5.74) is 1.81. The van der Waals surface area contributed by atoms with Gasteiger partial charge >= 0.3 is 5.97 Å². The summed E-state index contributed by atoms with van der Waals surface area (Å²) in [7, 11) is 0. The summed E-state index contributed by atoms with van der Waals surface area (Å²) in [6.45, 7) is 0. The van der Waals surface area contributed by atoms with Gasteiger partial charge in [0, 0.05) is 17.5 Å². The van der Waals surface area contributed by atoms with Crippen molar-refractivity contribution in [1.29, 1.82) is 0 Å². The summed E-state index contributed by atoms with van der Waals surface area (Å²) in [5, 5.41) is 12.1. The van der Waals surface area contributed by atoms with E-state index in [1.54, 1.807) is 6.07 Å². The molecule has 0 saturated heterocycles. The van der Waals surface area contributed by atoms with E-state index in [1.807, 2.05) is 30.3 Å². The summed E-state index contributed by atoms with van der Waals surface area (Å²) >= 11 is 0. The van der Waals surface area contributed by atoms with Crippen molar-refractivity contribution in [2.75, 3.05) is 5.32 Å². The molecule has 31 heavy (non-hydrogen) atoms. The minimum absolute atomic E-state index is 0.0837. The molecule has 1 atom stereocenters. The molecule has 7 heteroatoms. The lowest BCUT2D eigenvalue weighted by molar-refractivity contribution is -0.0136. The van der Waals surface area contributed by atoms with E-state index in [4.69, 9.17) is 9.47 Å². The fraction of sp³-hybridized carbons (Fsp3) is 0.0833. The van der Waals surface area contributed by atoms with Crippen molar-refractivity contribution in [1.82, 2.24) is 0 Å². The number of rotatable bonds is 6. The van der Waals surface area contributed by atoms with Crippen LogP contribution in [0, 0.1) is 5.82 Å². The minimum atomic E-state index is -1.19. The van der Waals surface area contributed by atoms with Crippen molar-refractivity contribution >= 4 is 23.3 Å². The Morgan fingerprint density at radius 2 is 1.74 bits per heavy atom. The molecule has 4 rings (SSSR count). The molecule has 156 valence electrons. The molecule has 1 aliphatic rings. The summed E-state index contributed by atoms with van der Waals surface area (Å²) < 4.78 is 24.5. The largest absolute Gasteiger partial charge is 0.478 e. The number of benzene rings is 3. The quantitative estimate of drug-likeness (QED) is 0.606. The van der Waals surface area contributed by atoms with Crippen LogP contribution >= 0.6 is 0 Å². The maximum atomic E-state index is 13.1. The van der Waals surface area contributed by atoms with Crippen molar-refractivity contribution in [2.45, 2.75) is 12.7 Å². The first-order valence-corrected chi connectivity index (χ1v) is 9.50. The third kappa shape index (κ3) is 4.72. The topological polar surface area (TPSA) is 84.9 Å². The van der Waals surface area contributed by atoms with Crippen molar-refractivity contribution in [3.8, 4) is 0 Å². The third-order valence-corrected chi connectivity index (χ3v) is 4.72. The second-order valence-corrected chi connectivity index (χ2v) is 6.88. The number of halogens is 1. The average molecular weight is 419 g/mol. The normalized spacial score (nSPS) is 14.9. The molecule has 1 heterocycles. The zero-order valence-corrected chi connectivity index (χ0v) is 16.2. The molecule has 6 nitrogen and oxygen atoms in total. The number of aromatic carboxylic acids is 1. The predicted octanol–water partition coefficient (Wildman–Crippen LogP) is 4.69. The molecular weight excluding hydrogens is 401 g/mol. The Labute approximate surface area is 177 Å². The zero-order valence-electron chi connectivity index (χ0n) is 16.2. The van der Waals surface area contributed by atoms with Gasteiger partial charge < -0.3 is 19.9 Å². The molecule has 1 aliphatic heterocycles. The molecule has 0 fully saturated rings. The summed E-state index contributed by atoms with van der Waals surface area (Å²) in [4.78, 5) is 24.1. The smallest absolute Gasteiger partial charge is 0.337 e. The van der Waals surface area contributed by atoms with E-state index in [2.05, 4.69) is 5.32 Å². The lowest BCUT2D eigenvalue weighted by Gasteiger charge is -2.14. The molecule has 0 spiro atoms. The fourth-order valence-corrected chi connectivity index (χ4v) is 3.15. The Morgan fingerprint density at radius 3 is 2.45 bits per heavy atom. The van der Waals surface area contributed by atoms with E-state index in [9.17, 15) is 19.1 Å². The van der Waals surface area contributed by atoms with Gasteiger partial charge in [0.25, 0.3) is 5.91 Å². The highest BCUT2D eigenvalue weighted by atomic mass is 19.1. The first-order valence-electron chi connectivity index (χ1n) is 9.50. The Kier molecular flexibility index (Phi) is 5.66. The fourth-order valence-electron chi connectivity index (χ4n) is 3.15. The maximum Gasteiger partial charge on any atom is 0.337 e. The van der Waals surface area contributed by atoms with Crippen LogP contribution in [0.4, 0.5) is 10.1 Å². The minimum Gasteiger partial charge on any atom is -0.478 e. The standard InChI is InChI=1S/C24H18FNO5/c25-18-9-6-16(7-10-18)23(27)26-20-13-17(8-11-19(20)24(28)29)21-14-30-22(31-21)12-15-4-2-1-3-5-15/h1-11,13-14,22H,12H2,(H,26,27)(H,28,29). The van der Waals surface area contributed by atoms with Gasteiger partial charge in [-0.3, -0.25) is 4.79 Å². The van der Waals surface area contributed by atoms with Crippen molar-refractivity contribution in [3.05, 3.63) is 107 Å². The third-order valence-electron chi connectivity index (χ3n) is 4.72. The van der Waals surface area contributed by atoms with E-state index in [0.29, 0.717) is 17.7 Å². The molecule has 0 saturated carbocycles. The van der Waals surface area contributed by atoms with Crippen LogP contribution in [0.25, 0.3) is 5.76 Å². The number of carboxylic acid groups (broad SMARTS) is 1. The summed E-state index contributed by atoms with van der Waals surface area (Å²) in [6.07, 6.45) is 1.51. The number of carbonyl (C=O) groups excluding carboxylic acids is 1. The molecule has 1 unspecified atom stereocenters. The van der Waals surface area contributed by atoms with Gasteiger partial charge in [0.05, 0.1) is 11.3 Å². The van der Waals surface area contributed by atoms with Crippen LogP contribution in [0.1, 0.15) is 31.8 Å². The van der Waals surface area contributed by atoms with Crippen LogP contribution in [0.3, 0.4) is 0 Å². The average Bonchev–Trinajstić information content (AvgIpc) is 3.23. The highest BCUT2D eigenvalue weighted by Crippen LogP contribution is 2.30. The number of nitrogens with one attached hydrogen (secondary N) is 1. The van der Waals surface area contributed by atoms with Crippen LogP contribution in [0.5, 0.6) is 0 Å². The molecule has 0 aromatic heterocycles. The second-order valence-electron chi connectivity index (χ2n) is 6.88. The van der Waals surface area contributed by atoms with E-state index < -0.39 is 24.0 Å². The molecule has 1 amide bonds. The summed E-state index contributed by atoms with van der Waals surface area (Å²) in [6, 6.07) is 19.1. The number of amides is 1. The number of ether oxygens (including phenoxy) is 2. The SMILES string of the molecule is O=C(Nc1cc(C2=COC(Cc3ccccc3)O2)ccc1C(=O)O)c1ccc(F)cc1. The molecule has 3 aromatic carbocycles. The van der Waals surface area contributed by atoms with E-state index in [1.165, 1.54) is 30.5 Å². The van der Waals surface area contributed by atoms with E-state index >= 15 is 0 Å². The predicted molar refractivity (Wildman–Crippen MR) is 112 cm³/mol. The molecule has 0 radical (unpaired) electrons. The Bertz CT molecular complexity index is 1140. The molecular formula is C24H18FNO5. The van der Waals surface area contributed by atoms with Gasteiger partial charge in [-0.05, 0) is 42.0 Å². The maximum absolute atomic E-state index is 13.1. The van der Waals surface area contributed by atoms with Gasteiger partial charge in [0.1, 0.15) is 12.1 Å². The van der Waals surface area contributed by atoms with Crippen molar-refractivity contribution in [2.24, 2.45) is 0 Å². The molecule has 0 bridgehead atoms. The van der Waals surface area contributed by atoms with Gasteiger partial charge in [0.2, 0.25) is 6.29 Å². The van der Waals surface area contributed by atoms with Crippen LogP contribution in [-0.2, 0) is 15.9 Å². The Balaban J connectivity index is 1.52. The highest BCUT2D eigenvalue weighted by Gasteiger charge is 2.23. The summed E-state index contributed by atoms with van der Waals surface area (Å²) in [5.74, 6) is -1.80. The monoisotopic (exact) mass is 419 g/mol. The van der Waals surface area contributed by atoms with Crippen LogP contribution in [-0.4, -0.2) is 23.3 Å². The first kappa shape index (κ1) is 20.2.